The van der Waals surface area contributed by atoms with Gasteiger partial charge in [0.05, 0.1) is 0 Å². The number of halogens is 1. The van der Waals surface area contributed by atoms with E-state index in [0.717, 1.165) is 0 Å². The Morgan fingerprint density at radius 3 is 2.00 bits per heavy atom. The van der Waals surface area contributed by atoms with Gasteiger partial charge in [-0.3, -0.25) is 4.79 Å². The fourth-order valence-electron chi connectivity index (χ4n) is 0.170. The lowest BCUT2D eigenvalue weighted by molar-refractivity contribution is -0.115. The molecule has 1 amide bonds. The van der Waals surface area contributed by atoms with Gasteiger partial charge in [-0.15, -0.1) is 0 Å². The molecule has 48 valence electrons. The van der Waals surface area contributed by atoms with Gasteiger partial charge in [0.25, 0.3) is 0 Å². The molecule has 2 N–H and O–H groups in total. The van der Waals surface area contributed by atoms with Crippen LogP contribution in [0.2, 0.25) is 0 Å². The monoisotopic (exact) mass is 157 g/mol. The Hall–Kier alpha value is -0.290. The summed E-state index contributed by atoms with van der Waals surface area (Å²) >= 11 is 0. The van der Waals surface area contributed by atoms with Gasteiger partial charge in [0.15, 0.2) is 0 Å². The minimum absolute atomic E-state index is 0.797. The summed E-state index contributed by atoms with van der Waals surface area (Å²) in [5, 5.41) is 0. The van der Waals surface area contributed by atoms with Gasteiger partial charge in [0, 0.05) is 10.7 Å². The maximum Gasteiger partial charge on any atom is 0.241 e. The van der Waals surface area contributed by atoms with Crippen LogP contribution in [0.3, 0.4) is 0 Å². The van der Waals surface area contributed by atoms with Crippen molar-refractivity contribution in [2.45, 2.75) is 0 Å². The molecule has 4 nitrogen and oxygen atoms in total. The first-order chi connectivity index (χ1) is 3.42. The molecule has 0 saturated heterocycles. The van der Waals surface area contributed by atoms with Crippen LogP contribution in [0.15, 0.2) is 0 Å². The topological polar surface area (TPSA) is 77.2 Å². The molecule has 0 atom stereocenters. The van der Waals surface area contributed by atoms with Gasteiger partial charge >= 0.3 is 0 Å². The predicted molar refractivity (Wildman–Crippen MR) is 28.8 cm³/mol. The molecule has 0 aromatic carbocycles. The number of primary amides is 1. The van der Waals surface area contributed by atoms with Crippen molar-refractivity contribution in [1.29, 1.82) is 0 Å². The molecular weight excluding hydrogens is 154 g/mol. The average Bonchev–Trinajstić information content (AvgIpc) is 1.21. The van der Waals surface area contributed by atoms with Crippen LogP contribution < -0.4 is 5.73 Å². The summed E-state index contributed by atoms with van der Waals surface area (Å²) in [6.07, 6.45) is 0. The maximum absolute atomic E-state index is 9.91. The van der Waals surface area contributed by atoms with Crippen molar-refractivity contribution >= 4 is 25.6 Å². The van der Waals surface area contributed by atoms with Crippen LogP contribution in [0, 0.1) is 0 Å². The molecule has 0 aromatic heterocycles. The SMILES string of the molecule is NC(=O)CS(=O)(=O)Cl. The molecule has 0 rings (SSSR count). The first-order valence-electron chi connectivity index (χ1n) is 1.62. The standard InChI is InChI=1S/C2H4ClNO3S/c3-8(6,7)1-2(4)5/h1H2,(H2,4,5). The third-order valence-electron chi connectivity index (χ3n) is 0.315. The van der Waals surface area contributed by atoms with Crippen molar-refractivity contribution in [2.75, 3.05) is 5.75 Å². The fraction of sp³-hybridized carbons (Fsp3) is 0.500. The lowest BCUT2D eigenvalue weighted by Crippen LogP contribution is -2.19. The molecule has 0 aromatic rings. The number of nitrogens with two attached hydrogens (primary N) is 1. The summed E-state index contributed by atoms with van der Waals surface area (Å²) in [5.41, 5.74) is 4.48. The van der Waals surface area contributed by atoms with Crippen LogP contribution in [0.4, 0.5) is 0 Å². The van der Waals surface area contributed by atoms with Gasteiger partial charge in [-0.05, 0) is 0 Å². The third-order valence-corrected chi connectivity index (χ3v) is 1.27. The van der Waals surface area contributed by atoms with Crippen LogP contribution in [0.5, 0.6) is 0 Å². The molecular formula is C2H4ClNO3S. The lowest BCUT2D eigenvalue weighted by Gasteiger charge is -1.84. The summed E-state index contributed by atoms with van der Waals surface area (Å²) in [6.45, 7) is 0. The van der Waals surface area contributed by atoms with Crippen molar-refractivity contribution in [3.63, 3.8) is 0 Å². The summed E-state index contributed by atoms with van der Waals surface area (Å²) in [4.78, 5) is 9.77. The maximum atomic E-state index is 9.91. The molecule has 8 heavy (non-hydrogen) atoms. The van der Waals surface area contributed by atoms with E-state index in [1.54, 1.807) is 0 Å². The summed E-state index contributed by atoms with van der Waals surface area (Å²) in [6, 6.07) is 0. The van der Waals surface area contributed by atoms with Crippen LogP contribution in [0.1, 0.15) is 0 Å². The van der Waals surface area contributed by atoms with Crippen LogP contribution >= 0.6 is 10.7 Å². The van der Waals surface area contributed by atoms with E-state index in [0.29, 0.717) is 0 Å². The molecule has 0 heterocycles. The van der Waals surface area contributed by atoms with E-state index in [4.69, 9.17) is 0 Å². The molecule has 0 radical (unpaired) electrons. The Balaban J connectivity index is 3.95. The summed E-state index contributed by atoms with van der Waals surface area (Å²) < 4.78 is 19.8. The minimum atomic E-state index is -3.73. The van der Waals surface area contributed by atoms with Gasteiger partial charge in [0.2, 0.25) is 15.0 Å². The highest BCUT2D eigenvalue weighted by Gasteiger charge is 2.07. The van der Waals surface area contributed by atoms with E-state index in [1.807, 2.05) is 0 Å². The van der Waals surface area contributed by atoms with Gasteiger partial charge in [-0.1, -0.05) is 0 Å². The minimum Gasteiger partial charge on any atom is -0.369 e. The van der Waals surface area contributed by atoms with Gasteiger partial charge in [-0.25, -0.2) is 8.42 Å². The van der Waals surface area contributed by atoms with Gasteiger partial charge < -0.3 is 5.73 Å². The number of hydrogen-bond acceptors (Lipinski definition) is 3. The molecule has 0 aliphatic carbocycles. The lowest BCUT2D eigenvalue weighted by atomic mass is 10.8. The van der Waals surface area contributed by atoms with E-state index in [-0.39, 0.29) is 0 Å². The van der Waals surface area contributed by atoms with E-state index in [9.17, 15) is 13.2 Å². The van der Waals surface area contributed by atoms with Crippen LogP contribution in [0.25, 0.3) is 0 Å². The van der Waals surface area contributed by atoms with Crippen LogP contribution in [-0.2, 0) is 13.8 Å². The number of carbonyl (C=O) groups is 1. The zero-order valence-corrected chi connectivity index (χ0v) is 5.37. The summed E-state index contributed by atoms with van der Waals surface area (Å²) in [7, 11) is 0.874. The Kier molecular flexibility index (Phi) is 2.24. The Morgan fingerprint density at radius 2 is 2.00 bits per heavy atom. The Morgan fingerprint density at radius 1 is 1.62 bits per heavy atom. The molecule has 6 heteroatoms. The second-order valence-corrected chi connectivity index (χ2v) is 3.93. The molecule has 0 unspecified atom stereocenters. The van der Waals surface area contributed by atoms with E-state index in [2.05, 4.69) is 16.4 Å². The van der Waals surface area contributed by atoms with Crippen molar-refractivity contribution in [3.8, 4) is 0 Å². The molecule has 0 aliphatic heterocycles. The van der Waals surface area contributed by atoms with Crippen molar-refractivity contribution in [2.24, 2.45) is 5.73 Å². The number of carbonyl (C=O) groups excluding carboxylic acids is 1. The second kappa shape index (κ2) is 2.32. The first kappa shape index (κ1) is 7.71. The van der Waals surface area contributed by atoms with Crippen LogP contribution in [-0.4, -0.2) is 20.1 Å². The highest BCUT2D eigenvalue weighted by atomic mass is 35.7. The molecule has 0 saturated carbocycles. The highest BCUT2D eigenvalue weighted by Crippen LogP contribution is 1.92. The van der Waals surface area contributed by atoms with Crippen molar-refractivity contribution in [1.82, 2.24) is 0 Å². The van der Waals surface area contributed by atoms with Crippen molar-refractivity contribution in [3.05, 3.63) is 0 Å². The third kappa shape index (κ3) is 5.71. The van der Waals surface area contributed by atoms with E-state index < -0.39 is 20.7 Å². The van der Waals surface area contributed by atoms with Crippen molar-refractivity contribution < 1.29 is 13.2 Å². The average molecular weight is 158 g/mol. The zero-order chi connectivity index (χ0) is 6.78. The number of amides is 1. The Labute approximate surface area is 51.0 Å². The molecule has 0 bridgehead atoms. The first-order valence-corrected chi connectivity index (χ1v) is 4.10. The molecule has 0 aliphatic rings. The van der Waals surface area contributed by atoms with Gasteiger partial charge in [0.1, 0.15) is 5.75 Å². The smallest absolute Gasteiger partial charge is 0.241 e. The molecule has 0 fully saturated rings. The normalized spacial score (nSPS) is 11.1. The quantitative estimate of drug-likeness (QED) is 0.525. The van der Waals surface area contributed by atoms with Gasteiger partial charge in [-0.2, -0.15) is 0 Å². The number of rotatable bonds is 2. The van der Waals surface area contributed by atoms with E-state index in [1.165, 1.54) is 0 Å². The highest BCUT2D eigenvalue weighted by molar-refractivity contribution is 8.14. The largest absolute Gasteiger partial charge is 0.369 e. The summed E-state index contributed by atoms with van der Waals surface area (Å²) in [5.74, 6) is -1.74. The zero-order valence-electron chi connectivity index (χ0n) is 3.80. The fourth-order valence-corrected chi connectivity index (χ4v) is 0.832. The van der Waals surface area contributed by atoms with E-state index >= 15 is 0 Å². The second-order valence-electron chi connectivity index (χ2n) is 1.15. The predicted octanol–water partition coefficient (Wildman–Crippen LogP) is -0.960. The number of hydrogen-bond donors (Lipinski definition) is 1. The molecule has 0 spiro atoms. The Bertz CT molecular complexity index is 183.